The molecule has 1 heterocycles. The second-order valence-corrected chi connectivity index (χ2v) is 7.10. The largest absolute Gasteiger partial charge is 0.306 e. The number of anilines is 1. The smallest absolute Gasteiger partial charge is 0.253 e. The monoisotopic (exact) mass is 348 g/mol. The summed E-state index contributed by atoms with van der Waals surface area (Å²) in [6.07, 6.45) is 3.09. The Balaban J connectivity index is 1.61. The molecule has 1 saturated heterocycles. The van der Waals surface area contributed by atoms with Crippen molar-refractivity contribution in [3.8, 4) is 0 Å². The second kappa shape index (κ2) is 8.81. The van der Waals surface area contributed by atoms with Crippen LogP contribution in [0.25, 0.3) is 0 Å². The maximum atomic E-state index is 12.7. The van der Waals surface area contributed by atoms with Crippen LogP contribution < -0.4 is 4.90 Å². The molecule has 0 radical (unpaired) electrons. The Bertz CT molecular complexity index is 718. The summed E-state index contributed by atoms with van der Waals surface area (Å²) in [6.45, 7) is 8.82. The number of rotatable bonds is 6. The zero-order chi connectivity index (χ0) is 18.4. The molecule has 136 valence electrons. The predicted molar refractivity (Wildman–Crippen MR) is 108 cm³/mol. The number of hydrogen-bond donors (Lipinski definition) is 0. The van der Waals surface area contributed by atoms with Gasteiger partial charge < -0.3 is 9.80 Å². The van der Waals surface area contributed by atoms with Gasteiger partial charge in [0.2, 0.25) is 0 Å². The highest BCUT2D eigenvalue weighted by atomic mass is 16.2. The Hall–Kier alpha value is -2.39. The number of hydrogen-bond acceptors (Lipinski definition) is 2. The minimum Gasteiger partial charge on any atom is -0.306 e. The van der Waals surface area contributed by atoms with E-state index in [2.05, 4.69) is 41.8 Å². The van der Waals surface area contributed by atoms with Crippen molar-refractivity contribution in [3.63, 3.8) is 0 Å². The van der Waals surface area contributed by atoms with Crippen LogP contribution in [-0.2, 0) is 11.2 Å². The van der Waals surface area contributed by atoms with Crippen molar-refractivity contribution < 1.29 is 4.79 Å². The molecule has 0 unspecified atom stereocenters. The van der Waals surface area contributed by atoms with Gasteiger partial charge in [-0.3, -0.25) is 4.79 Å². The van der Waals surface area contributed by atoms with E-state index in [-0.39, 0.29) is 11.9 Å². The van der Waals surface area contributed by atoms with Gasteiger partial charge in [-0.25, -0.2) is 0 Å². The second-order valence-electron chi connectivity index (χ2n) is 7.10. The quantitative estimate of drug-likeness (QED) is 0.727. The number of benzene rings is 2. The number of carbonyl (C=O) groups excluding carboxylic acids is 1. The maximum absolute atomic E-state index is 12.7. The SMILES string of the molecule is C=C(C)C(=O)N(c1ccccc1)C1CCN(CCc2ccccc2)CC1. The Morgan fingerprint density at radius 3 is 2.19 bits per heavy atom. The molecule has 3 nitrogen and oxygen atoms in total. The van der Waals surface area contributed by atoms with Gasteiger partial charge in [0.05, 0.1) is 0 Å². The lowest BCUT2D eigenvalue weighted by atomic mass is 10.0. The van der Waals surface area contributed by atoms with E-state index >= 15 is 0 Å². The average molecular weight is 348 g/mol. The standard InChI is InChI=1S/C23H28N2O/c1-19(2)23(26)25(21-11-7-4-8-12-21)22-14-17-24(18-15-22)16-13-20-9-5-3-6-10-20/h3-12,22H,1,13-18H2,2H3. The third-order valence-corrected chi connectivity index (χ3v) is 5.10. The van der Waals surface area contributed by atoms with E-state index in [1.165, 1.54) is 5.56 Å². The van der Waals surface area contributed by atoms with Crippen molar-refractivity contribution in [1.29, 1.82) is 0 Å². The molecule has 0 aliphatic carbocycles. The fourth-order valence-corrected chi connectivity index (χ4v) is 3.62. The summed E-state index contributed by atoms with van der Waals surface area (Å²) in [6, 6.07) is 20.9. The Kier molecular flexibility index (Phi) is 6.24. The summed E-state index contributed by atoms with van der Waals surface area (Å²) >= 11 is 0. The first-order chi connectivity index (χ1) is 12.6. The molecule has 0 N–H and O–H groups in total. The minimum absolute atomic E-state index is 0.0407. The molecule has 1 amide bonds. The summed E-state index contributed by atoms with van der Waals surface area (Å²) in [5, 5.41) is 0. The fourth-order valence-electron chi connectivity index (χ4n) is 3.62. The molecule has 26 heavy (non-hydrogen) atoms. The van der Waals surface area contributed by atoms with Crippen LogP contribution in [0.5, 0.6) is 0 Å². The Morgan fingerprint density at radius 1 is 1.04 bits per heavy atom. The van der Waals surface area contributed by atoms with Gasteiger partial charge in [-0.15, -0.1) is 0 Å². The van der Waals surface area contributed by atoms with Crippen molar-refractivity contribution >= 4 is 11.6 Å². The van der Waals surface area contributed by atoms with Crippen molar-refractivity contribution in [3.05, 3.63) is 78.4 Å². The molecule has 2 aromatic rings. The van der Waals surface area contributed by atoms with Gasteiger partial charge in [0.15, 0.2) is 0 Å². The van der Waals surface area contributed by atoms with Gasteiger partial charge in [0, 0.05) is 36.9 Å². The average Bonchev–Trinajstić information content (AvgIpc) is 2.69. The van der Waals surface area contributed by atoms with E-state index in [1.807, 2.05) is 35.2 Å². The number of para-hydroxylation sites is 1. The molecular weight excluding hydrogens is 320 g/mol. The molecule has 3 rings (SSSR count). The number of likely N-dealkylation sites (tertiary alicyclic amines) is 1. The van der Waals surface area contributed by atoms with Crippen LogP contribution in [0.15, 0.2) is 72.8 Å². The highest BCUT2D eigenvalue weighted by Crippen LogP contribution is 2.25. The van der Waals surface area contributed by atoms with Gasteiger partial charge in [-0.05, 0) is 43.9 Å². The lowest BCUT2D eigenvalue weighted by Crippen LogP contribution is -2.48. The van der Waals surface area contributed by atoms with Gasteiger partial charge in [0.1, 0.15) is 0 Å². The summed E-state index contributed by atoms with van der Waals surface area (Å²) in [5.41, 5.74) is 2.96. The van der Waals surface area contributed by atoms with E-state index in [4.69, 9.17) is 0 Å². The van der Waals surface area contributed by atoms with Gasteiger partial charge in [-0.2, -0.15) is 0 Å². The van der Waals surface area contributed by atoms with E-state index < -0.39 is 0 Å². The molecule has 0 spiro atoms. The zero-order valence-corrected chi connectivity index (χ0v) is 15.6. The summed E-state index contributed by atoms with van der Waals surface area (Å²) < 4.78 is 0. The van der Waals surface area contributed by atoms with Crippen molar-refractivity contribution in [2.24, 2.45) is 0 Å². The third-order valence-electron chi connectivity index (χ3n) is 5.10. The number of amides is 1. The van der Waals surface area contributed by atoms with Crippen LogP contribution in [0.1, 0.15) is 25.3 Å². The van der Waals surface area contributed by atoms with E-state index in [0.29, 0.717) is 5.57 Å². The van der Waals surface area contributed by atoms with Crippen LogP contribution in [0.3, 0.4) is 0 Å². The molecule has 0 atom stereocenters. The molecule has 0 aromatic heterocycles. The first-order valence-corrected chi connectivity index (χ1v) is 9.45. The third kappa shape index (κ3) is 4.61. The first-order valence-electron chi connectivity index (χ1n) is 9.45. The van der Waals surface area contributed by atoms with Gasteiger partial charge in [-0.1, -0.05) is 55.1 Å². The van der Waals surface area contributed by atoms with Crippen LogP contribution in [0, 0.1) is 0 Å². The Morgan fingerprint density at radius 2 is 1.62 bits per heavy atom. The predicted octanol–water partition coefficient (Wildman–Crippen LogP) is 4.30. The number of carbonyl (C=O) groups is 1. The van der Waals surface area contributed by atoms with Crippen LogP contribution in [0.4, 0.5) is 5.69 Å². The highest BCUT2D eigenvalue weighted by molar-refractivity contribution is 6.05. The highest BCUT2D eigenvalue weighted by Gasteiger charge is 2.29. The Labute approximate surface area is 156 Å². The first kappa shape index (κ1) is 18.4. The molecule has 0 bridgehead atoms. The van der Waals surface area contributed by atoms with E-state index in [9.17, 15) is 4.79 Å². The van der Waals surface area contributed by atoms with Crippen molar-refractivity contribution in [2.45, 2.75) is 32.2 Å². The molecule has 2 aromatic carbocycles. The normalized spacial score (nSPS) is 15.6. The van der Waals surface area contributed by atoms with Crippen LogP contribution in [0.2, 0.25) is 0 Å². The van der Waals surface area contributed by atoms with Crippen molar-refractivity contribution in [1.82, 2.24) is 4.90 Å². The van der Waals surface area contributed by atoms with E-state index in [0.717, 1.165) is 44.6 Å². The zero-order valence-electron chi connectivity index (χ0n) is 15.6. The fraction of sp³-hybridized carbons (Fsp3) is 0.348. The summed E-state index contributed by atoms with van der Waals surface area (Å²) in [7, 11) is 0. The summed E-state index contributed by atoms with van der Waals surface area (Å²) in [5.74, 6) is 0.0407. The van der Waals surface area contributed by atoms with Crippen LogP contribution >= 0.6 is 0 Å². The van der Waals surface area contributed by atoms with Crippen molar-refractivity contribution in [2.75, 3.05) is 24.5 Å². The van der Waals surface area contributed by atoms with Crippen LogP contribution in [-0.4, -0.2) is 36.5 Å². The van der Waals surface area contributed by atoms with Gasteiger partial charge >= 0.3 is 0 Å². The molecule has 1 fully saturated rings. The molecule has 0 saturated carbocycles. The molecule has 3 heteroatoms. The van der Waals surface area contributed by atoms with Gasteiger partial charge in [0.25, 0.3) is 5.91 Å². The summed E-state index contributed by atoms with van der Waals surface area (Å²) in [4.78, 5) is 17.2. The number of nitrogens with zero attached hydrogens (tertiary/aromatic N) is 2. The molecule has 1 aliphatic heterocycles. The molecular formula is C23H28N2O. The maximum Gasteiger partial charge on any atom is 0.253 e. The number of piperidine rings is 1. The topological polar surface area (TPSA) is 23.6 Å². The molecule has 1 aliphatic rings. The lowest BCUT2D eigenvalue weighted by molar-refractivity contribution is -0.115. The minimum atomic E-state index is 0.0407. The van der Waals surface area contributed by atoms with E-state index in [1.54, 1.807) is 6.92 Å². The lowest BCUT2D eigenvalue weighted by Gasteiger charge is -2.38.